The maximum Gasteiger partial charge on any atom is 0.226 e. The van der Waals surface area contributed by atoms with Gasteiger partial charge in [-0.25, -0.2) is 18.7 Å². The molecule has 1 aliphatic rings. The van der Waals surface area contributed by atoms with E-state index in [4.69, 9.17) is 9.15 Å². The number of aromatic nitrogens is 2. The third kappa shape index (κ3) is 4.62. The van der Waals surface area contributed by atoms with Gasteiger partial charge in [0, 0.05) is 25.9 Å². The van der Waals surface area contributed by atoms with Crippen molar-refractivity contribution in [2.75, 3.05) is 36.5 Å². The number of rotatable bonds is 6. The highest BCUT2D eigenvalue weighted by atomic mass is 19.1. The van der Waals surface area contributed by atoms with Crippen LogP contribution < -0.4 is 10.2 Å². The normalized spacial score (nSPS) is 14.0. The van der Waals surface area contributed by atoms with Crippen LogP contribution in [0.2, 0.25) is 0 Å². The number of amides is 1. The highest BCUT2D eigenvalue weighted by Gasteiger charge is 2.16. The fraction of sp³-hybridized carbons (Fsp3) is 0.286. The zero-order valence-electron chi connectivity index (χ0n) is 16.1. The Kier molecular flexibility index (Phi) is 5.99. The number of nitrogens with one attached hydrogen (secondary N) is 1. The number of hydrogen-bond donors (Lipinski definition) is 1. The molecule has 3 aromatic rings. The van der Waals surface area contributed by atoms with Crippen molar-refractivity contribution in [2.24, 2.45) is 0 Å². The predicted octanol–water partition coefficient (Wildman–Crippen LogP) is 3.42. The van der Waals surface area contributed by atoms with E-state index in [0.29, 0.717) is 19.0 Å². The Morgan fingerprint density at radius 3 is 2.53 bits per heavy atom. The van der Waals surface area contributed by atoms with Crippen molar-refractivity contribution in [3.05, 3.63) is 60.3 Å². The van der Waals surface area contributed by atoms with E-state index < -0.39 is 11.6 Å². The van der Waals surface area contributed by atoms with Crippen molar-refractivity contribution in [2.45, 2.75) is 12.8 Å². The van der Waals surface area contributed by atoms with E-state index in [1.165, 1.54) is 12.3 Å². The van der Waals surface area contributed by atoms with Crippen LogP contribution >= 0.6 is 0 Å². The first-order valence-corrected chi connectivity index (χ1v) is 9.58. The van der Waals surface area contributed by atoms with Crippen LogP contribution in [0.5, 0.6) is 0 Å². The lowest BCUT2D eigenvalue weighted by molar-refractivity contribution is -0.116. The van der Waals surface area contributed by atoms with Gasteiger partial charge in [-0.2, -0.15) is 0 Å². The number of carbonyl (C=O) groups is 1. The molecule has 0 saturated carbocycles. The van der Waals surface area contributed by atoms with Crippen molar-refractivity contribution in [3.8, 4) is 11.3 Å². The summed E-state index contributed by atoms with van der Waals surface area (Å²) >= 11 is 0. The molecule has 3 heterocycles. The van der Waals surface area contributed by atoms with Crippen molar-refractivity contribution in [1.29, 1.82) is 0 Å². The fourth-order valence-electron chi connectivity index (χ4n) is 3.17. The molecule has 2 aromatic heterocycles. The first-order valence-electron chi connectivity index (χ1n) is 9.58. The maximum absolute atomic E-state index is 13.8. The minimum absolute atomic E-state index is 0.0126. The highest BCUT2D eigenvalue weighted by molar-refractivity contribution is 5.89. The van der Waals surface area contributed by atoms with Crippen molar-refractivity contribution in [1.82, 2.24) is 9.97 Å². The molecule has 0 atom stereocenters. The number of ether oxygens (including phenoxy) is 1. The molecule has 156 valence electrons. The number of carbonyl (C=O) groups excluding carboxylic acids is 1. The van der Waals surface area contributed by atoms with Crippen LogP contribution in [-0.4, -0.2) is 42.2 Å². The lowest BCUT2D eigenvalue weighted by Gasteiger charge is -2.28. The molecule has 1 N–H and O–H groups in total. The zero-order valence-corrected chi connectivity index (χ0v) is 16.1. The SMILES string of the molecule is O=C(CCc1ncc(-c2c(F)cccc2F)o1)Nc1ccc(N2CCOCC2)cn1. The van der Waals surface area contributed by atoms with Crippen LogP contribution in [0.15, 0.2) is 47.1 Å². The van der Waals surface area contributed by atoms with Crippen LogP contribution in [0.4, 0.5) is 20.3 Å². The van der Waals surface area contributed by atoms with Crippen molar-refractivity contribution >= 4 is 17.4 Å². The second-order valence-corrected chi connectivity index (χ2v) is 6.76. The Morgan fingerprint density at radius 1 is 1.07 bits per heavy atom. The third-order valence-electron chi connectivity index (χ3n) is 4.72. The van der Waals surface area contributed by atoms with E-state index in [1.807, 2.05) is 6.07 Å². The molecule has 9 heteroatoms. The zero-order chi connectivity index (χ0) is 20.9. The Labute approximate surface area is 171 Å². The minimum atomic E-state index is -0.734. The summed E-state index contributed by atoms with van der Waals surface area (Å²) in [5.74, 6) is -1.08. The van der Waals surface area contributed by atoms with Crippen LogP contribution in [0, 0.1) is 11.6 Å². The van der Waals surface area contributed by atoms with Gasteiger partial charge in [-0.3, -0.25) is 4.79 Å². The number of morpholine rings is 1. The topological polar surface area (TPSA) is 80.5 Å². The van der Waals surface area contributed by atoms with Gasteiger partial charge in [0.2, 0.25) is 5.91 Å². The second kappa shape index (κ2) is 9.00. The number of halogens is 2. The maximum atomic E-state index is 13.8. The molecule has 0 aliphatic carbocycles. The van der Waals surface area contributed by atoms with E-state index in [2.05, 4.69) is 20.2 Å². The monoisotopic (exact) mass is 414 g/mol. The van der Waals surface area contributed by atoms with Gasteiger partial charge in [0.25, 0.3) is 0 Å². The predicted molar refractivity (Wildman–Crippen MR) is 106 cm³/mol. The molecule has 1 aromatic carbocycles. The number of pyridine rings is 1. The number of benzene rings is 1. The van der Waals surface area contributed by atoms with Gasteiger partial charge >= 0.3 is 0 Å². The molecule has 1 amide bonds. The van der Waals surface area contributed by atoms with Gasteiger partial charge in [0.05, 0.1) is 36.9 Å². The molecule has 1 aliphatic heterocycles. The Hall–Kier alpha value is -3.33. The second-order valence-electron chi connectivity index (χ2n) is 6.76. The van der Waals surface area contributed by atoms with E-state index in [9.17, 15) is 13.6 Å². The number of hydrogen-bond acceptors (Lipinski definition) is 6. The average molecular weight is 414 g/mol. The summed E-state index contributed by atoms with van der Waals surface area (Å²) in [6.45, 7) is 2.99. The summed E-state index contributed by atoms with van der Waals surface area (Å²) in [6.07, 6.45) is 3.24. The summed E-state index contributed by atoms with van der Waals surface area (Å²) in [5, 5.41) is 2.72. The summed E-state index contributed by atoms with van der Waals surface area (Å²) in [7, 11) is 0. The standard InChI is InChI=1S/C21H20F2N4O3/c22-15-2-1-3-16(23)21(15)17-13-25-20(30-17)7-6-19(28)26-18-5-4-14(12-24-18)27-8-10-29-11-9-27/h1-5,12-13H,6-11H2,(H,24,26,28). The molecule has 0 bridgehead atoms. The molecule has 0 spiro atoms. The number of aryl methyl sites for hydroxylation is 1. The van der Waals surface area contributed by atoms with Crippen LogP contribution in [0.25, 0.3) is 11.3 Å². The lowest BCUT2D eigenvalue weighted by atomic mass is 10.1. The lowest BCUT2D eigenvalue weighted by Crippen LogP contribution is -2.36. The Morgan fingerprint density at radius 2 is 1.83 bits per heavy atom. The largest absolute Gasteiger partial charge is 0.441 e. The van der Waals surface area contributed by atoms with Gasteiger partial charge in [0.15, 0.2) is 11.7 Å². The summed E-state index contributed by atoms with van der Waals surface area (Å²) in [4.78, 5) is 22.6. The molecule has 1 saturated heterocycles. The van der Waals surface area contributed by atoms with E-state index in [1.54, 1.807) is 12.3 Å². The smallest absolute Gasteiger partial charge is 0.226 e. The molecule has 30 heavy (non-hydrogen) atoms. The van der Waals surface area contributed by atoms with Crippen LogP contribution in [0.1, 0.15) is 12.3 Å². The van der Waals surface area contributed by atoms with Gasteiger partial charge in [0.1, 0.15) is 17.5 Å². The van der Waals surface area contributed by atoms with E-state index in [-0.39, 0.29) is 36.0 Å². The quantitative estimate of drug-likeness (QED) is 0.666. The first-order chi connectivity index (χ1) is 14.6. The molecule has 0 unspecified atom stereocenters. The summed E-state index contributed by atoms with van der Waals surface area (Å²) < 4.78 is 38.4. The minimum Gasteiger partial charge on any atom is -0.441 e. The number of oxazole rings is 1. The van der Waals surface area contributed by atoms with Gasteiger partial charge in [-0.05, 0) is 24.3 Å². The van der Waals surface area contributed by atoms with E-state index in [0.717, 1.165) is 30.9 Å². The third-order valence-corrected chi connectivity index (χ3v) is 4.72. The van der Waals surface area contributed by atoms with Crippen LogP contribution in [0.3, 0.4) is 0 Å². The number of anilines is 2. The van der Waals surface area contributed by atoms with Crippen LogP contribution in [-0.2, 0) is 16.0 Å². The fourth-order valence-corrected chi connectivity index (χ4v) is 3.17. The van der Waals surface area contributed by atoms with Gasteiger partial charge < -0.3 is 19.4 Å². The molecular formula is C21H20F2N4O3. The summed E-state index contributed by atoms with van der Waals surface area (Å²) in [5.41, 5.74) is 0.703. The average Bonchev–Trinajstić information content (AvgIpc) is 3.22. The Balaban J connectivity index is 1.31. The van der Waals surface area contributed by atoms with E-state index >= 15 is 0 Å². The van der Waals surface area contributed by atoms with Crippen molar-refractivity contribution in [3.63, 3.8) is 0 Å². The molecule has 0 radical (unpaired) electrons. The van der Waals surface area contributed by atoms with Gasteiger partial charge in [-0.15, -0.1) is 0 Å². The molecule has 1 fully saturated rings. The number of nitrogens with zero attached hydrogens (tertiary/aromatic N) is 3. The van der Waals surface area contributed by atoms with Crippen molar-refractivity contribution < 1.29 is 22.7 Å². The highest BCUT2D eigenvalue weighted by Crippen LogP contribution is 2.26. The van der Waals surface area contributed by atoms with Gasteiger partial charge in [-0.1, -0.05) is 6.07 Å². The Bertz CT molecular complexity index is 997. The molecule has 7 nitrogen and oxygen atoms in total. The molecule has 4 rings (SSSR count). The summed E-state index contributed by atoms with van der Waals surface area (Å²) in [6, 6.07) is 7.21. The first kappa shape index (κ1) is 20.0. The molecular weight excluding hydrogens is 394 g/mol.